The van der Waals surface area contributed by atoms with Crippen LogP contribution in [-0.2, 0) is 29.1 Å². The lowest BCUT2D eigenvalue weighted by Gasteiger charge is -2.15. The van der Waals surface area contributed by atoms with Crippen molar-refractivity contribution in [1.82, 2.24) is 33.6 Å². The van der Waals surface area contributed by atoms with Gasteiger partial charge in [0.15, 0.2) is 22.8 Å². The van der Waals surface area contributed by atoms with Crippen molar-refractivity contribution in [3.8, 4) is 10.4 Å². The first-order valence-corrected chi connectivity index (χ1v) is 11.4. The molecule has 0 fully saturated rings. The number of aromatic nitrogens is 7. The number of rotatable bonds is 7. The van der Waals surface area contributed by atoms with Gasteiger partial charge in [-0.15, -0.1) is 11.3 Å². The van der Waals surface area contributed by atoms with Crippen LogP contribution in [0, 0.1) is 0 Å². The number of thiazole rings is 1. The molecule has 0 bridgehead atoms. The van der Waals surface area contributed by atoms with Gasteiger partial charge in [-0.25, -0.2) is 24.7 Å². The topological polar surface area (TPSA) is 147 Å². The Hall–Kier alpha value is -4.14. The van der Waals surface area contributed by atoms with E-state index in [0.717, 1.165) is 20.5 Å². The number of aryl methyl sites for hydroxylation is 1. The molecule has 0 aliphatic carbocycles. The Bertz CT molecular complexity index is 1600. The Morgan fingerprint density at radius 1 is 1.17 bits per heavy atom. The summed E-state index contributed by atoms with van der Waals surface area (Å²) in [6.45, 7) is 3.04. The highest BCUT2D eigenvalue weighted by Gasteiger charge is 2.28. The summed E-state index contributed by atoms with van der Waals surface area (Å²) in [7, 11) is 1.41. The molecule has 4 rings (SSSR count). The first-order valence-electron chi connectivity index (χ1n) is 10.5. The average molecular weight is 519 g/mol. The van der Waals surface area contributed by atoms with Gasteiger partial charge >= 0.3 is 11.6 Å². The Balaban J connectivity index is 1.66. The zero-order valence-electron chi connectivity index (χ0n) is 19.5. The number of imidazole rings is 1. The number of carbonyl (C=O) groups excluding carboxylic acids is 2. The minimum Gasteiger partial charge on any atom is -0.312 e. The lowest BCUT2D eigenvalue weighted by molar-refractivity contribution is -0.119. The molecule has 1 atom stereocenters. The summed E-state index contributed by atoms with van der Waals surface area (Å²) in [5.74, 6) is -4.63. The van der Waals surface area contributed by atoms with E-state index in [1.807, 2.05) is 0 Å². The van der Waals surface area contributed by atoms with Gasteiger partial charge in [0, 0.05) is 31.9 Å². The van der Waals surface area contributed by atoms with Crippen molar-refractivity contribution >= 4 is 40.0 Å². The molecule has 0 saturated heterocycles. The molecule has 0 saturated carbocycles. The summed E-state index contributed by atoms with van der Waals surface area (Å²) < 4.78 is 30.1. The van der Waals surface area contributed by atoms with Crippen molar-refractivity contribution in [2.24, 2.45) is 7.05 Å². The molecule has 36 heavy (non-hydrogen) atoms. The zero-order valence-corrected chi connectivity index (χ0v) is 20.3. The van der Waals surface area contributed by atoms with E-state index in [1.54, 1.807) is 0 Å². The van der Waals surface area contributed by atoms with Gasteiger partial charge in [-0.1, -0.05) is 0 Å². The van der Waals surface area contributed by atoms with Crippen molar-refractivity contribution in [2.45, 2.75) is 39.3 Å². The molecule has 4 aromatic heterocycles. The van der Waals surface area contributed by atoms with E-state index >= 15 is 0 Å². The van der Waals surface area contributed by atoms with Crippen LogP contribution >= 0.6 is 11.3 Å². The Morgan fingerprint density at radius 2 is 1.83 bits per heavy atom. The van der Waals surface area contributed by atoms with Crippen LogP contribution in [0.25, 0.3) is 21.6 Å². The van der Waals surface area contributed by atoms with Gasteiger partial charge in [0.25, 0.3) is 5.56 Å². The fourth-order valence-electron chi connectivity index (χ4n) is 3.50. The second kappa shape index (κ2) is 9.14. The van der Waals surface area contributed by atoms with Gasteiger partial charge in [0.1, 0.15) is 11.8 Å². The molecule has 1 amide bonds. The van der Waals surface area contributed by atoms with Crippen molar-refractivity contribution in [3.63, 3.8) is 0 Å². The van der Waals surface area contributed by atoms with Crippen molar-refractivity contribution in [3.05, 3.63) is 50.9 Å². The highest BCUT2D eigenvalue weighted by molar-refractivity contribution is 7.13. The van der Waals surface area contributed by atoms with Crippen LogP contribution in [0.3, 0.4) is 0 Å². The molecule has 0 aliphatic heterocycles. The average Bonchev–Trinajstić information content (AvgIpc) is 3.47. The lowest BCUT2D eigenvalue weighted by atomic mass is 10.2. The molecule has 188 valence electrons. The van der Waals surface area contributed by atoms with E-state index in [2.05, 4.69) is 25.3 Å². The molecular weight excluding hydrogens is 498 g/mol. The van der Waals surface area contributed by atoms with E-state index < -0.39 is 41.5 Å². The summed E-state index contributed by atoms with van der Waals surface area (Å²) in [5.41, 5.74) is 0.420. The van der Waals surface area contributed by atoms with Crippen LogP contribution in [0.5, 0.6) is 0 Å². The molecule has 1 N–H and O–H groups in total. The largest absolute Gasteiger partial charge is 0.332 e. The van der Waals surface area contributed by atoms with Gasteiger partial charge in [-0.2, -0.15) is 8.78 Å². The maximum Gasteiger partial charge on any atom is 0.332 e. The van der Waals surface area contributed by atoms with Gasteiger partial charge in [-0.05, 0) is 13.8 Å². The van der Waals surface area contributed by atoms with Gasteiger partial charge in [-0.3, -0.25) is 23.5 Å². The fraction of sp³-hybridized carbons (Fsp3) is 0.333. The second-order valence-electron chi connectivity index (χ2n) is 8.14. The van der Waals surface area contributed by atoms with Gasteiger partial charge in [0.2, 0.25) is 5.91 Å². The molecule has 15 heteroatoms. The molecular formula is C21H20F2N8O4S. The number of alkyl halides is 2. The number of nitrogens with zero attached hydrogens (tertiary/aromatic N) is 7. The molecule has 12 nitrogen and oxygen atoms in total. The molecule has 0 aliphatic rings. The van der Waals surface area contributed by atoms with Gasteiger partial charge < -0.3 is 9.88 Å². The molecule has 0 aromatic carbocycles. The van der Waals surface area contributed by atoms with E-state index in [4.69, 9.17) is 0 Å². The number of hydrogen-bond donors (Lipinski definition) is 1. The second-order valence-corrected chi connectivity index (χ2v) is 8.99. The van der Waals surface area contributed by atoms with Gasteiger partial charge in [0.05, 0.1) is 23.3 Å². The molecule has 4 heterocycles. The number of amides is 1. The van der Waals surface area contributed by atoms with E-state index in [0.29, 0.717) is 17.4 Å². The Labute approximate surface area is 205 Å². The zero-order chi connectivity index (χ0) is 26.4. The summed E-state index contributed by atoms with van der Waals surface area (Å²) in [6, 6.07) is -0.974. The fourth-order valence-corrected chi connectivity index (χ4v) is 4.22. The number of halogens is 2. The van der Waals surface area contributed by atoms with E-state index in [9.17, 15) is 28.0 Å². The third-order valence-electron chi connectivity index (χ3n) is 5.35. The number of carbonyl (C=O) groups is 2. The summed E-state index contributed by atoms with van der Waals surface area (Å²) in [5, 5.41) is 2.66. The Morgan fingerprint density at radius 3 is 2.44 bits per heavy atom. The third kappa shape index (κ3) is 4.44. The Kier molecular flexibility index (Phi) is 6.34. The number of nitrogens with one attached hydrogen (secondary N) is 1. The third-order valence-corrected chi connectivity index (χ3v) is 6.23. The quantitative estimate of drug-likeness (QED) is 0.389. The number of anilines is 1. The highest BCUT2D eigenvalue weighted by Crippen LogP contribution is 2.32. The summed E-state index contributed by atoms with van der Waals surface area (Å²) in [4.78, 5) is 66.3. The number of Topliss-reactive ketones (excluding diaryl/α,β-unsaturated/α-hetero) is 1. The molecule has 0 unspecified atom stereocenters. The first kappa shape index (κ1) is 25.0. The smallest absolute Gasteiger partial charge is 0.312 e. The van der Waals surface area contributed by atoms with Crippen molar-refractivity contribution < 1.29 is 18.4 Å². The summed E-state index contributed by atoms with van der Waals surface area (Å²) in [6.07, 6.45) is 3.69. The van der Waals surface area contributed by atoms with Crippen LogP contribution < -0.4 is 16.6 Å². The monoisotopic (exact) mass is 518 g/mol. The van der Waals surface area contributed by atoms with Crippen molar-refractivity contribution in [2.75, 3.05) is 5.32 Å². The number of fused-ring (bicyclic) bond motifs is 1. The standard InChI is InChI=1S/C21H20F2N8O4S/c1-10(32)7-30-18(34)13-16(29(4)20(30)35)26-8-31(13)11(2)17(33)28-15-14(36-9-27-15)12-5-24-19(25-6-12)21(3,22)23/h5-6,8-9,11H,7H2,1-4H3,(H,28,33)/t11-/m0/s1. The molecule has 0 radical (unpaired) electrons. The van der Waals surface area contributed by atoms with Crippen LogP contribution in [0.2, 0.25) is 0 Å². The summed E-state index contributed by atoms with van der Waals surface area (Å²) >= 11 is 1.15. The highest BCUT2D eigenvalue weighted by atomic mass is 32.1. The van der Waals surface area contributed by atoms with E-state index in [-0.39, 0.29) is 22.8 Å². The first-order chi connectivity index (χ1) is 16.9. The maximum absolute atomic E-state index is 13.4. The predicted molar refractivity (Wildman–Crippen MR) is 126 cm³/mol. The number of ketones is 1. The molecule has 4 aromatic rings. The van der Waals surface area contributed by atoms with Crippen LogP contribution in [0.4, 0.5) is 14.6 Å². The number of hydrogen-bond acceptors (Lipinski definition) is 9. The van der Waals surface area contributed by atoms with Crippen LogP contribution in [0.1, 0.15) is 32.6 Å². The lowest BCUT2D eigenvalue weighted by Crippen LogP contribution is -2.41. The predicted octanol–water partition coefficient (Wildman–Crippen LogP) is 1.71. The maximum atomic E-state index is 13.4. The van der Waals surface area contributed by atoms with E-state index in [1.165, 1.54) is 49.7 Å². The van der Waals surface area contributed by atoms with Crippen LogP contribution in [-0.4, -0.2) is 45.3 Å². The van der Waals surface area contributed by atoms with Crippen LogP contribution in [0.15, 0.2) is 33.8 Å². The van der Waals surface area contributed by atoms with Crippen molar-refractivity contribution in [1.29, 1.82) is 0 Å². The normalized spacial score (nSPS) is 12.6. The molecule has 0 spiro atoms. The SMILES string of the molecule is CC(=O)Cn1c(=O)c2c(ncn2[C@@H](C)C(=O)Nc2ncsc2-c2cnc(C(C)(F)F)nc2)n(C)c1=O. The minimum absolute atomic E-state index is 0.0241. The minimum atomic E-state index is -3.20.